The summed E-state index contributed by atoms with van der Waals surface area (Å²) in [7, 11) is 0. The van der Waals surface area contributed by atoms with E-state index in [2.05, 4.69) is 24.1 Å². The van der Waals surface area contributed by atoms with Gasteiger partial charge in [-0.05, 0) is 60.0 Å². The van der Waals surface area contributed by atoms with E-state index in [0.29, 0.717) is 24.6 Å². The molecule has 5 nitrogen and oxygen atoms in total. The van der Waals surface area contributed by atoms with E-state index >= 15 is 0 Å². The zero-order valence-corrected chi connectivity index (χ0v) is 18.6. The Morgan fingerprint density at radius 1 is 0.750 bits per heavy atom. The highest BCUT2D eigenvalue weighted by Crippen LogP contribution is 2.21. The third kappa shape index (κ3) is 4.99. The molecule has 1 fully saturated rings. The molecule has 32 heavy (non-hydrogen) atoms. The molecule has 5 heteroatoms. The number of anilines is 2. The van der Waals surface area contributed by atoms with Crippen molar-refractivity contribution in [3.05, 3.63) is 95.6 Å². The lowest BCUT2D eigenvalue weighted by Crippen LogP contribution is -2.48. The SMILES string of the molecule is CC(C)c1ccc(C(=O)Nc2ccc(N3CCN(C(=O)c4ccccc4)CC3)cc2)cc1. The molecule has 0 spiro atoms. The fourth-order valence-corrected chi connectivity index (χ4v) is 3.91. The summed E-state index contributed by atoms with van der Waals surface area (Å²) < 4.78 is 0. The predicted molar refractivity (Wildman–Crippen MR) is 129 cm³/mol. The maximum Gasteiger partial charge on any atom is 0.255 e. The van der Waals surface area contributed by atoms with Gasteiger partial charge in [0.2, 0.25) is 0 Å². The lowest BCUT2D eigenvalue weighted by molar-refractivity contribution is 0.0746. The van der Waals surface area contributed by atoms with Crippen LogP contribution in [0.2, 0.25) is 0 Å². The molecule has 0 saturated carbocycles. The quantitative estimate of drug-likeness (QED) is 0.622. The van der Waals surface area contributed by atoms with Crippen LogP contribution in [0.5, 0.6) is 0 Å². The van der Waals surface area contributed by atoms with Crippen LogP contribution in [0.25, 0.3) is 0 Å². The fraction of sp³-hybridized carbons (Fsp3) is 0.259. The molecule has 1 N–H and O–H groups in total. The summed E-state index contributed by atoms with van der Waals surface area (Å²) in [5, 5.41) is 2.97. The minimum Gasteiger partial charge on any atom is -0.368 e. The molecule has 2 amide bonds. The van der Waals surface area contributed by atoms with E-state index in [1.54, 1.807) is 0 Å². The van der Waals surface area contributed by atoms with Crippen molar-refractivity contribution >= 4 is 23.2 Å². The van der Waals surface area contributed by atoms with Gasteiger partial charge >= 0.3 is 0 Å². The molecular weight excluding hydrogens is 398 g/mol. The van der Waals surface area contributed by atoms with Crippen LogP contribution in [0, 0.1) is 0 Å². The highest BCUT2D eigenvalue weighted by atomic mass is 16.2. The number of hydrogen-bond acceptors (Lipinski definition) is 3. The molecule has 1 heterocycles. The van der Waals surface area contributed by atoms with Crippen molar-refractivity contribution in [3.8, 4) is 0 Å². The van der Waals surface area contributed by atoms with Gasteiger partial charge in [0.15, 0.2) is 0 Å². The molecule has 164 valence electrons. The van der Waals surface area contributed by atoms with E-state index in [4.69, 9.17) is 0 Å². The molecule has 4 rings (SSSR count). The number of nitrogens with zero attached hydrogens (tertiary/aromatic N) is 2. The van der Waals surface area contributed by atoms with Crippen LogP contribution in [-0.4, -0.2) is 42.9 Å². The van der Waals surface area contributed by atoms with Crippen molar-refractivity contribution in [3.63, 3.8) is 0 Å². The predicted octanol–water partition coefficient (Wildman–Crippen LogP) is 5.02. The first kappa shape index (κ1) is 21.6. The third-order valence-corrected chi connectivity index (χ3v) is 5.92. The standard InChI is InChI=1S/C27H29N3O2/c1-20(2)21-8-10-22(11-9-21)26(31)28-24-12-14-25(15-13-24)29-16-18-30(19-17-29)27(32)23-6-4-3-5-7-23/h3-15,20H,16-19H2,1-2H3,(H,28,31). The Bertz CT molecular complexity index is 1050. The minimum atomic E-state index is -0.110. The molecule has 0 atom stereocenters. The van der Waals surface area contributed by atoms with Crippen LogP contribution >= 0.6 is 0 Å². The van der Waals surface area contributed by atoms with E-state index in [1.807, 2.05) is 83.8 Å². The smallest absolute Gasteiger partial charge is 0.255 e. The van der Waals surface area contributed by atoms with Gasteiger partial charge in [0.1, 0.15) is 0 Å². The molecule has 0 unspecified atom stereocenters. The number of carbonyl (C=O) groups is 2. The Morgan fingerprint density at radius 3 is 1.97 bits per heavy atom. The lowest BCUT2D eigenvalue weighted by atomic mass is 10.0. The summed E-state index contributed by atoms with van der Waals surface area (Å²) in [6.07, 6.45) is 0. The van der Waals surface area contributed by atoms with Crippen molar-refractivity contribution in [1.82, 2.24) is 4.90 Å². The number of piperazine rings is 1. The molecule has 3 aromatic carbocycles. The summed E-state index contributed by atoms with van der Waals surface area (Å²) in [4.78, 5) is 29.3. The molecule has 1 aliphatic rings. The molecule has 0 aromatic heterocycles. The van der Waals surface area contributed by atoms with E-state index in [0.717, 1.165) is 30.0 Å². The molecule has 1 saturated heterocycles. The zero-order chi connectivity index (χ0) is 22.5. The van der Waals surface area contributed by atoms with Gasteiger partial charge in [-0.3, -0.25) is 9.59 Å². The summed E-state index contributed by atoms with van der Waals surface area (Å²) in [6, 6.07) is 25.1. The van der Waals surface area contributed by atoms with Gasteiger partial charge in [0.05, 0.1) is 0 Å². The van der Waals surface area contributed by atoms with Crippen molar-refractivity contribution in [1.29, 1.82) is 0 Å². The van der Waals surface area contributed by atoms with Gasteiger partial charge in [-0.25, -0.2) is 0 Å². The molecule has 0 radical (unpaired) electrons. The Kier molecular flexibility index (Phi) is 6.55. The van der Waals surface area contributed by atoms with E-state index in [9.17, 15) is 9.59 Å². The van der Waals surface area contributed by atoms with Crippen LogP contribution in [-0.2, 0) is 0 Å². The average Bonchev–Trinajstić information content (AvgIpc) is 2.85. The van der Waals surface area contributed by atoms with E-state index < -0.39 is 0 Å². The van der Waals surface area contributed by atoms with E-state index in [-0.39, 0.29) is 11.8 Å². The number of hydrogen-bond donors (Lipinski definition) is 1. The molecule has 1 aliphatic heterocycles. The summed E-state index contributed by atoms with van der Waals surface area (Å²) in [6.45, 7) is 7.23. The van der Waals surface area contributed by atoms with Crippen LogP contribution in [0.15, 0.2) is 78.9 Å². The second-order valence-electron chi connectivity index (χ2n) is 8.42. The highest BCUT2D eigenvalue weighted by molar-refractivity contribution is 6.04. The maximum atomic E-state index is 12.6. The van der Waals surface area contributed by atoms with Crippen LogP contribution < -0.4 is 10.2 Å². The van der Waals surface area contributed by atoms with Gasteiger partial charge in [0.25, 0.3) is 11.8 Å². The molecule has 3 aromatic rings. The van der Waals surface area contributed by atoms with Crippen molar-refractivity contribution in [2.24, 2.45) is 0 Å². The first-order valence-corrected chi connectivity index (χ1v) is 11.1. The topological polar surface area (TPSA) is 52.7 Å². The van der Waals surface area contributed by atoms with Gasteiger partial charge in [-0.15, -0.1) is 0 Å². The van der Waals surface area contributed by atoms with E-state index in [1.165, 1.54) is 5.56 Å². The van der Waals surface area contributed by atoms with Crippen molar-refractivity contribution in [2.75, 3.05) is 36.4 Å². The number of carbonyl (C=O) groups excluding carboxylic acids is 2. The Labute approximate surface area is 189 Å². The summed E-state index contributed by atoms with van der Waals surface area (Å²) >= 11 is 0. The van der Waals surface area contributed by atoms with Crippen LogP contribution in [0.1, 0.15) is 46.0 Å². The summed E-state index contributed by atoms with van der Waals surface area (Å²) in [5.41, 5.74) is 4.47. The largest absolute Gasteiger partial charge is 0.368 e. The first-order chi connectivity index (χ1) is 15.5. The molecular formula is C27H29N3O2. The molecule has 0 aliphatic carbocycles. The zero-order valence-electron chi connectivity index (χ0n) is 18.6. The normalized spacial score (nSPS) is 13.8. The Balaban J connectivity index is 1.32. The number of nitrogens with one attached hydrogen (secondary N) is 1. The summed E-state index contributed by atoms with van der Waals surface area (Å²) in [5.74, 6) is 0.420. The van der Waals surface area contributed by atoms with Gasteiger partial charge < -0.3 is 15.1 Å². The lowest BCUT2D eigenvalue weighted by Gasteiger charge is -2.36. The third-order valence-electron chi connectivity index (χ3n) is 5.92. The average molecular weight is 428 g/mol. The number of benzene rings is 3. The molecule has 0 bridgehead atoms. The Morgan fingerprint density at radius 2 is 1.38 bits per heavy atom. The number of amides is 2. The van der Waals surface area contributed by atoms with Crippen molar-refractivity contribution < 1.29 is 9.59 Å². The monoisotopic (exact) mass is 427 g/mol. The van der Waals surface area contributed by atoms with Gasteiger partial charge in [0, 0.05) is 48.7 Å². The van der Waals surface area contributed by atoms with Crippen LogP contribution in [0.3, 0.4) is 0 Å². The van der Waals surface area contributed by atoms with Gasteiger partial charge in [-0.1, -0.05) is 44.2 Å². The maximum absolute atomic E-state index is 12.6. The van der Waals surface area contributed by atoms with Crippen LogP contribution in [0.4, 0.5) is 11.4 Å². The van der Waals surface area contributed by atoms with Gasteiger partial charge in [-0.2, -0.15) is 0 Å². The highest BCUT2D eigenvalue weighted by Gasteiger charge is 2.22. The minimum absolute atomic E-state index is 0.0877. The first-order valence-electron chi connectivity index (χ1n) is 11.1. The second-order valence-corrected chi connectivity index (χ2v) is 8.42. The van der Waals surface area contributed by atoms with Crippen molar-refractivity contribution in [2.45, 2.75) is 19.8 Å². The number of rotatable bonds is 5. The Hall–Kier alpha value is -3.60. The fourth-order valence-electron chi connectivity index (χ4n) is 3.91. The second kappa shape index (κ2) is 9.69.